The number of para-hydroxylation sites is 1. The van der Waals surface area contributed by atoms with E-state index >= 15 is 0 Å². The lowest BCUT2D eigenvalue weighted by atomic mass is 10.1. The Labute approximate surface area is 148 Å². The Bertz CT molecular complexity index is 926. The van der Waals surface area contributed by atoms with Crippen LogP contribution in [-0.4, -0.2) is 31.1 Å². The van der Waals surface area contributed by atoms with Gasteiger partial charge >= 0.3 is 0 Å². The molecule has 0 spiro atoms. The van der Waals surface area contributed by atoms with E-state index < -0.39 is 0 Å². The van der Waals surface area contributed by atoms with Crippen molar-refractivity contribution >= 4 is 27.6 Å². The molecule has 0 radical (unpaired) electrons. The van der Waals surface area contributed by atoms with Gasteiger partial charge in [0, 0.05) is 12.2 Å². The highest BCUT2D eigenvalue weighted by Gasteiger charge is 2.13. The summed E-state index contributed by atoms with van der Waals surface area (Å²) in [4.78, 5) is 15.4. The first-order valence-corrected chi connectivity index (χ1v) is 9.07. The smallest absolute Gasteiger partial charge is 0.202 e. The minimum atomic E-state index is 0.0341. The molecule has 1 heterocycles. The second-order valence-corrected chi connectivity index (χ2v) is 6.37. The van der Waals surface area contributed by atoms with Gasteiger partial charge < -0.3 is 14.6 Å². The summed E-state index contributed by atoms with van der Waals surface area (Å²) in [5, 5.41) is 4.72. The molecule has 0 bridgehead atoms. The molecule has 0 aliphatic heterocycles. The van der Waals surface area contributed by atoms with Crippen molar-refractivity contribution in [1.29, 1.82) is 0 Å². The number of aryl methyl sites for hydroxylation is 1. The second-order valence-electron chi connectivity index (χ2n) is 6.37. The van der Waals surface area contributed by atoms with E-state index in [2.05, 4.69) is 24.1 Å². The van der Waals surface area contributed by atoms with Gasteiger partial charge in [-0.25, -0.2) is 0 Å². The highest BCUT2D eigenvalue weighted by atomic mass is 16.3. The normalized spacial score (nSPS) is 11.5. The maximum atomic E-state index is 13.0. The molecular weight excluding hydrogens is 312 g/mol. The Hall–Kier alpha value is -2.33. The van der Waals surface area contributed by atoms with E-state index in [-0.39, 0.29) is 5.43 Å². The van der Waals surface area contributed by atoms with Crippen LogP contribution in [0.5, 0.6) is 0 Å². The molecule has 4 heteroatoms. The van der Waals surface area contributed by atoms with Crippen molar-refractivity contribution in [3.8, 4) is 0 Å². The van der Waals surface area contributed by atoms with Crippen LogP contribution in [0.2, 0.25) is 0 Å². The second kappa shape index (κ2) is 7.70. The molecule has 132 valence electrons. The molecule has 3 aromatic rings. The van der Waals surface area contributed by atoms with E-state index in [0.29, 0.717) is 21.9 Å². The first-order chi connectivity index (χ1) is 12.2. The summed E-state index contributed by atoms with van der Waals surface area (Å²) >= 11 is 0. The summed E-state index contributed by atoms with van der Waals surface area (Å²) in [5.74, 6) is 0. The highest BCUT2D eigenvalue weighted by Crippen LogP contribution is 2.27. The highest BCUT2D eigenvalue weighted by molar-refractivity contribution is 5.98. The SMILES string of the molecule is CCN(CC)CCCNc1ccc(C)c2oc3ccccc3c(=O)c12. The predicted octanol–water partition coefficient (Wildman–Crippen LogP) is 4.40. The first kappa shape index (κ1) is 17.5. The summed E-state index contributed by atoms with van der Waals surface area (Å²) in [6.07, 6.45) is 1.04. The molecule has 4 nitrogen and oxygen atoms in total. The van der Waals surface area contributed by atoms with E-state index in [1.165, 1.54) is 0 Å². The van der Waals surface area contributed by atoms with Gasteiger partial charge in [0.05, 0.1) is 10.8 Å². The fourth-order valence-corrected chi connectivity index (χ4v) is 3.24. The standard InChI is InChI=1S/C21H26N2O2/c1-4-23(5-2)14-8-13-22-17-12-11-15(3)21-19(17)20(24)16-9-6-7-10-18(16)25-21/h6-7,9-12,22H,4-5,8,13-14H2,1-3H3. The Kier molecular flexibility index (Phi) is 5.39. The molecule has 0 atom stereocenters. The summed E-state index contributed by atoms with van der Waals surface area (Å²) in [5.41, 5.74) is 3.19. The first-order valence-electron chi connectivity index (χ1n) is 9.07. The number of benzene rings is 2. The van der Waals surface area contributed by atoms with E-state index in [1.54, 1.807) is 0 Å². The molecule has 2 aromatic carbocycles. The molecule has 0 unspecified atom stereocenters. The lowest BCUT2D eigenvalue weighted by molar-refractivity contribution is 0.303. The zero-order valence-electron chi connectivity index (χ0n) is 15.3. The quantitative estimate of drug-likeness (QED) is 0.512. The van der Waals surface area contributed by atoms with Crippen molar-refractivity contribution in [2.75, 3.05) is 31.5 Å². The van der Waals surface area contributed by atoms with Crippen LogP contribution in [0.1, 0.15) is 25.8 Å². The predicted molar refractivity (Wildman–Crippen MR) is 106 cm³/mol. The lowest BCUT2D eigenvalue weighted by Gasteiger charge is -2.18. The van der Waals surface area contributed by atoms with Gasteiger partial charge in [-0.1, -0.05) is 32.0 Å². The van der Waals surface area contributed by atoms with E-state index in [9.17, 15) is 4.79 Å². The molecule has 0 saturated carbocycles. The van der Waals surface area contributed by atoms with Crippen LogP contribution in [0.25, 0.3) is 21.9 Å². The number of hydrogen-bond donors (Lipinski definition) is 1. The van der Waals surface area contributed by atoms with Crippen LogP contribution in [0.3, 0.4) is 0 Å². The Balaban J connectivity index is 1.92. The fourth-order valence-electron chi connectivity index (χ4n) is 3.24. The number of rotatable bonds is 7. The average molecular weight is 338 g/mol. The summed E-state index contributed by atoms with van der Waals surface area (Å²) < 4.78 is 6.03. The maximum Gasteiger partial charge on any atom is 0.202 e. The Morgan fingerprint density at radius 3 is 2.60 bits per heavy atom. The maximum absolute atomic E-state index is 13.0. The average Bonchev–Trinajstić information content (AvgIpc) is 2.64. The van der Waals surface area contributed by atoms with Gasteiger partial charge in [-0.3, -0.25) is 4.79 Å². The van der Waals surface area contributed by atoms with Gasteiger partial charge in [0.15, 0.2) is 0 Å². The molecule has 3 rings (SSSR count). The van der Waals surface area contributed by atoms with Crippen molar-refractivity contribution in [2.45, 2.75) is 27.2 Å². The third-order valence-corrected chi connectivity index (χ3v) is 4.79. The van der Waals surface area contributed by atoms with Crippen molar-refractivity contribution in [3.63, 3.8) is 0 Å². The van der Waals surface area contributed by atoms with Crippen LogP contribution in [0.15, 0.2) is 45.6 Å². The topological polar surface area (TPSA) is 45.5 Å². The molecule has 0 aliphatic carbocycles. The third-order valence-electron chi connectivity index (χ3n) is 4.79. The van der Waals surface area contributed by atoms with Crippen LogP contribution < -0.4 is 10.7 Å². The van der Waals surface area contributed by atoms with Crippen LogP contribution >= 0.6 is 0 Å². The molecular formula is C21H26N2O2. The molecule has 25 heavy (non-hydrogen) atoms. The van der Waals surface area contributed by atoms with Crippen molar-refractivity contribution in [2.24, 2.45) is 0 Å². The number of nitrogens with one attached hydrogen (secondary N) is 1. The van der Waals surface area contributed by atoms with Crippen molar-refractivity contribution < 1.29 is 4.42 Å². The molecule has 1 N–H and O–H groups in total. The van der Waals surface area contributed by atoms with Gasteiger partial charge in [0.25, 0.3) is 0 Å². The fraction of sp³-hybridized carbons (Fsp3) is 0.381. The summed E-state index contributed by atoms with van der Waals surface area (Å²) in [6.45, 7) is 10.4. The number of anilines is 1. The van der Waals surface area contributed by atoms with E-state index in [1.807, 2.05) is 43.3 Å². The van der Waals surface area contributed by atoms with Gasteiger partial charge in [0.1, 0.15) is 11.2 Å². The number of nitrogens with zero attached hydrogens (tertiary/aromatic N) is 1. The molecule has 0 saturated heterocycles. The zero-order valence-corrected chi connectivity index (χ0v) is 15.3. The number of hydrogen-bond acceptors (Lipinski definition) is 4. The third kappa shape index (κ3) is 3.54. The summed E-state index contributed by atoms with van der Waals surface area (Å²) in [7, 11) is 0. The minimum Gasteiger partial charge on any atom is -0.455 e. The summed E-state index contributed by atoms with van der Waals surface area (Å²) in [6, 6.07) is 11.4. The monoisotopic (exact) mass is 338 g/mol. The lowest BCUT2D eigenvalue weighted by Crippen LogP contribution is -2.25. The van der Waals surface area contributed by atoms with Crippen molar-refractivity contribution in [1.82, 2.24) is 4.90 Å². The van der Waals surface area contributed by atoms with Crippen LogP contribution in [-0.2, 0) is 0 Å². The van der Waals surface area contributed by atoms with Gasteiger partial charge in [-0.15, -0.1) is 0 Å². The van der Waals surface area contributed by atoms with E-state index in [0.717, 1.165) is 43.9 Å². The molecule has 1 aromatic heterocycles. The van der Waals surface area contributed by atoms with E-state index in [4.69, 9.17) is 4.42 Å². The van der Waals surface area contributed by atoms with Gasteiger partial charge in [0.2, 0.25) is 5.43 Å². The molecule has 0 aliphatic rings. The minimum absolute atomic E-state index is 0.0341. The largest absolute Gasteiger partial charge is 0.455 e. The Morgan fingerprint density at radius 2 is 1.84 bits per heavy atom. The van der Waals surface area contributed by atoms with Crippen LogP contribution in [0, 0.1) is 6.92 Å². The molecule has 0 fully saturated rings. The Morgan fingerprint density at radius 1 is 1.08 bits per heavy atom. The van der Waals surface area contributed by atoms with Crippen molar-refractivity contribution in [3.05, 3.63) is 52.2 Å². The zero-order chi connectivity index (χ0) is 17.8. The molecule has 0 amide bonds. The van der Waals surface area contributed by atoms with Gasteiger partial charge in [-0.05, 0) is 56.7 Å². The van der Waals surface area contributed by atoms with Crippen LogP contribution in [0.4, 0.5) is 5.69 Å². The van der Waals surface area contributed by atoms with Gasteiger partial charge in [-0.2, -0.15) is 0 Å². The number of fused-ring (bicyclic) bond motifs is 2.